The summed E-state index contributed by atoms with van der Waals surface area (Å²) in [6.07, 6.45) is 0.589. The Hall–Kier alpha value is -1.39. The first-order valence-corrected chi connectivity index (χ1v) is 5.68. The molecule has 1 unspecified atom stereocenters. The number of para-hydroxylation sites is 1. The molecule has 0 aliphatic carbocycles. The van der Waals surface area contributed by atoms with Gasteiger partial charge in [0.2, 0.25) is 5.91 Å². The fourth-order valence-electron chi connectivity index (χ4n) is 1.35. The Kier molecular flexibility index (Phi) is 4.66. The number of hydrogen-bond acceptors (Lipinski definition) is 3. The minimum Gasteiger partial charge on any atom is -0.380 e. The minimum absolute atomic E-state index is 0.177. The van der Waals surface area contributed by atoms with Gasteiger partial charge >= 0.3 is 0 Å². The standard InChI is InChI=1S/C13H20N2O2/c1-4-13(2,14)12(16)15-11-8-6-5-7-10(11)9-17-3/h5-8H,4,9,14H2,1-3H3,(H,15,16). The molecule has 17 heavy (non-hydrogen) atoms. The van der Waals surface area contributed by atoms with Crippen molar-refractivity contribution in [3.8, 4) is 0 Å². The number of ether oxygens (including phenoxy) is 1. The first-order valence-electron chi connectivity index (χ1n) is 5.68. The largest absolute Gasteiger partial charge is 0.380 e. The maximum absolute atomic E-state index is 11.9. The van der Waals surface area contributed by atoms with E-state index < -0.39 is 5.54 Å². The zero-order chi connectivity index (χ0) is 12.9. The van der Waals surface area contributed by atoms with Crippen LogP contribution in [0.3, 0.4) is 0 Å². The number of anilines is 1. The number of rotatable bonds is 5. The lowest BCUT2D eigenvalue weighted by molar-refractivity contribution is -0.120. The van der Waals surface area contributed by atoms with E-state index in [1.165, 1.54) is 0 Å². The summed E-state index contributed by atoms with van der Waals surface area (Å²) in [6.45, 7) is 4.08. The van der Waals surface area contributed by atoms with E-state index in [1.54, 1.807) is 14.0 Å². The van der Waals surface area contributed by atoms with Crippen LogP contribution in [0.15, 0.2) is 24.3 Å². The second-order valence-corrected chi connectivity index (χ2v) is 4.32. The van der Waals surface area contributed by atoms with Gasteiger partial charge in [0.1, 0.15) is 0 Å². The van der Waals surface area contributed by atoms with E-state index >= 15 is 0 Å². The molecular weight excluding hydrogens is 216 g/mol. The van der Waals surface area contributed by atoms with E-state index in [-0.39, 0.29) is 5.91 Å². The molecule has 0 aliphatic heterocycles. The van der Waals surface area contributed by atoms with E-state index in [0.717, 1.165) is 11.3 Å². The van der Waals surface area contributed by atoms with Crippen molar-refractivity contribution in [3.05, 3.63) is 29.8 Å². The highest BCUT2D eigenvalue weighted by molar-refractivity contribution is 5.98. The summed E-state index contributed by atoms with van der Waals surface area (Å²) in [7, 11) is 1.62. The number of amides is 1. The van der Waals surface area contributed by atoms with Crippen molar-refractivity contribution in [2.24, 2.45) is 5.73 Å². The molecule has 4 nitrogen and oxygen atoms in total. The first kappa shape index (κ1) is 13.7. The van der Waals surface area contributed by atoms with E-state index in [9.17, 15) is 4.79 Å². The Bertz CT molecular complexity index is 389. The van der Waals surface area contributed by atoms with Crippen LogP contribution in [0, 0.1) is 0 Å². The molecule has 94 valence electrons. The fraction of sp³-hybridized carbons (Fsp3) is 0.462. The molecule has 0 aliphatic rings. The molecule has 1 atom stereocenters. The third-order valence-corrected chi connectivity index (χ3v) is 2.82. The average molecular weight is 236 g/mol. The van der Waals surface area contributed by atoms with Crippen LogP contribution >= 0.6 is 0 Å². The fourth-order valence-corrected chi connectivity index (χ4v) is 1.35. The monoisotopic (exact) mass is 236 g/mol. The number of nitrogens with one attached hydrogen (secondary N) is 1. The highest BCUT2D eigenvalue weighted by Crippen LogP contribution is 2.18. The molecule has 1 aromatic carbocycles. The van der Waals surface area contributed by atoms with Crippen molar-refractivity contribution in [3.63, 3.8) is 0 Å². The molecule has 1 amide bonds. The number of carbonyl (C=O) groups is 1. The minimum atomic E-state index is -0.847. The summed E-state index contributed by atoms with van der Waals surface area (Å²) >= 11 is 0. The van der Waals surface area contributed by atoms with Crippen molar-refractivity contribution in [2.45, 2.75) is 32.4 Å². The molecule has 4 heteroatoms. The van der Waals surface area contributed by atoms with E-state index in [2.05, 4.69) is 5.32 Å². The normalized spacial score (nSPS) is 14.1. The quantitative estimate of drug-likeness (QED) is 0.820. The van der Waals surface area contributed by atoms with Crippen molar-refractivity contribution >= 4 is 11.6 Å². The van der Waals surface area contributed by atoms with Gasteiger partial charge < -0.3 is 15.8 Å². The second kappa shape index (κ2) is 5.80. The SMILES string of the molecule is CCC(C)(N)C(=O)Nc1ccccc1COC. The maximum atomic E-state index is 11.9. The van der Waals surface area contributed by atoms with Gasteiger partial charge in [-0.15, -0.1) is 0 Å². The zero-order valence-corrected chi connectivity index (χ0v) is 10.6. The lowest BCUT2D eigenvalue weighted by Crippen LogP contribution is -2.47. The van der Waals surface area contributed by atoms with Crippen LogP contribution < -0.4 is 11.1 Å². The van der Waals surface area contributed by atoms with Gasteiger partial charge in [-0.05, 0) is 19.4 Å². The summed E-state index contributed by atoms with van der Waals surface area (Å²) in [4.78, 5) is 11.9. The molecule has 0 spiro atoms. The predicted octanol–water partition coefficient (Wildman–Crippen LogP) is 1.90. The highest BCUT2D eigenvalue weighted by Gasteiger charge is 2.26. The predicted molar refractivity (Wildman–Crippen MR) is 68.7 cm³/mol. The molecule has 0 heterocycles. The molecule has 0 radical (unpaired) electrons. The molecule has 0 saturated carbocycles. The van der Waals surface area contributed by atoms with Gasteiger partial charge in [0.15, 0.2) is 0 Å². The van der Waals surface area contributed by atoms with E-state index in [1.807, 2.05) is 31.2 Å². The van der Waals surface area contributed by atoms with E-state index in [0.29, 0.717) is 13.0 Å². The molecule has 3 N–H and O–H groups in total. The molecule has 0 bridgehead atoms. The Morgan fingerprint density at radius 3 is 2.71 bits per heavy atom. The molecule has 0 saturated heterocycles. The third kappa shape index (κ3) is 3.54. The van der Waals surface area contributed by atoms with Crippen LogP contribution in [-0.4, -0.2) is 18.6 Å². The molecule has 1 aromatic rings. The summed E-state index contributed by atoms with van der Waals surface area (Å²) in [5, 5.41) is 2.84. The van der Waals surface area contributed by atoms with Crippen molar-refractivity contribution in [1.82, 2.24) is 0 Å². The summed E-state index contributed by atoms with van der Waals surface area (Å²) in [6, 6.07) is 7.54. The zero-order valence-electron chi connectivity index (χ0n) is 10.6. The Morgan fingerprint density at radius 1 is 1.47 bits per heavy atom. The number of carbonyl (C=O) groups excluding carboxylic acids is 1. The van der Waals surface area contributed by atoms with Gasteiger partial charge in [0.25, 0.3) is 0 Å². The van der Waals surface area contributed by atoms with Crippen LogP contribution in [0.4, 0.5) is 5.69 Å². The number of benzene rings is 1. The van der Waals surface area contributed by atoms with Crippen molar-refractivity contribution < 1.29 is 9.53 Å². The van der Waals surface area contributed by atoms with Crippen molar-refractivity contribution in [2.75, 3.05) is 12.4 Å². The highest BCUT2D eigenvalue weighted by atomic mass is 16.5. The molecule has 0 fully saturated rings. The molecular formula is C13H20N2O2. The topological polar surface area (TPSA) is 64.4 Å². The van der Waals surface area contributed by atoms with Gasteiger partial charge in [0, 0.05) is 18.4 Å². The number of methoxy groups -OCH3 is 1. The van der Waals surface area contributed by atoms with Gasteiger partial charge in [-0.1, -0.05) is 25.1 Å². The smallest absolute Gasteiger partial charge is 0.244 e. The summed E-state index contributed by atoms with van der Waals surface area (Å²) < 4.78 is 5.08. The maximum Gasteiger partial charge on any atom is 0.244 e. The molecule has 0 aromatic heterocycles. The summed E-state index contributed by atoms with van der Waals surface area (Å²) in [5.74, 6) is -0.177. The van der Waals surface area contributed by atoms with Gasteiger partial charge in [-0.2, -0.15) is 0 Å². The van der Waals surface area contributed by atoms with Crippen LogP contribution in [0.1, 0.15) is 25.8 Å². The number of hydrogen-bond donors (Lipinski definition) is 2. The Morgan fingerprint density at radius 2 is 2.12 bits per heavy atom. The Balaban J connectivity index is 2.84. The third-order valence-electron chi connectivity index (χ3n) is 2.82. The Labute approximate surface area is 102 Å². The summed E-state index contributed by atoms with van der Waals surface area (Å²) in [5.41, 5.74) is 6.74. The number of nitrogens with two attached hydrogens (primary N) is 1. The lowest BCUT2D eigenvalue weighted by Gasteiger charge is -2.22. The molecule has 1 rings (SSSR count). The average Bonchev–Trinajstić information content (AvgIpc) is 2.32. The second-order valence-electron chi connectivity index (χ2n) is 4.32. The van der Waals surface area contributed by atoms with Crippen LogP contribution in [0.5, 0.6) is 0 Å². The lowest BCUT2D eigenvalue weighted by atomic mass is 9.99. The van der Waals surface area contributed by atoms with Gasteiger partial charge in [0.05, 0.1) is 12.1 Å². The van der Waals surface area contributed by atoms with Crippen LogP contribution in [0.25, 0.3) is 0 Å². The van der Waals surface area contributed by atoms with Gasteiger partial charge in [-0.3, -0.25) is 4.79 Å². The van der Waals surface area contributed by atoms with Crippen LogP contribution in [0.2, 0.25) is 0 Å². The van der Waals surface area contributed by atoms with Crippen LogP contribution in [-0.2, 0) is 16.1 Å². The first-order chi connectivity index (χ1) is 8.01. The van der Waals surface area contributed by atoms with Gasteiger partial charge in [-0.25, -0.2) is 0 Å². The van der Waals surface area contributed by atoms with E-state index in [4.69, 9.17) is 10.5 Å². The van der Waals surface area contributed by atoms with Crippen molar-refractivity contribution in [1.29, 1.82) is 0 Å².